The number of fused-ring (bicyclic) bond motifs is 10. The number of amidine groups is 2. The molecule has 4 nitrogen and oxygen atoms in total. The molecule has 0 fully saturated rings. The third-order valence-corrected chi connectivity index (χ3v) is 9.87. The molecule has 4 heteroatoms. The quantitative estimate of drug-likeness (QED) is 0.197. The molecule has 0 radical (unpaired) electrons. The Morgan fingerprint density at radius 1 is 0.562 bits per heavy atom. The van der Waals surface area contributed by atoms with E-state index >= 15 is 0 Å². The summed E-state index contributed by atoms with van der Waals surface area (Å²) in [6, 6.07) is 56.1. The molecule has 1 aliphatic carbocycles. The van der Waals surface area contributed by atoms with Gasteiger partial charge in [-0.2, -0.15) is 0 Å². The van der Waals surface area contributed by atoms with Gasteiger partial charge in [-0.3, -0.25) is 0 Å². The molecule has 1 atom stereocenters. The Labute approximate surface area is 278 Å². The van der Waals surface area contributed by atoms with E-state index in [9.17, 15) is 0 Å². The average molecular weight is 615 g/mol. The first-order valence-electron chi connectivity index (χ1n) is 16.5. The van der Waals surface area contributed by atoms with Crippen LogP contribution in [0.3, 0.4) is 0 Å². The number of nitrogens with zero attached hydrogens (tertiary/aromatic N) is 3. The van der Waals surface area contributed by atoms with Crippen molar-refractivity contribution in [3.63, 3.8) is 0 Å². The number of aromatic nitrogens is 1. The van der Waals surface area contributed by atoms with E-state index in [-0.39, 0.29) is 6.17 Å². The fourth-order valence-electron chi connectivity index (χ4n) is 7.72. The van der Waals surface area contributed by atoms with Crippen molar-refractivity contribution in [3.8, 4) is 16.9 Å². The number of hydrogen-bond acceptors (Lipinski definition) is 3. The Morgan fingerprint density at radius 3 is 1.96 bits per heavy atom. The maximum absolute atomic E-state index is 5.05. The fraction of sp³-hybridized carbons (Fsp3) is 0.0455. The summed E-state index contributed by atoms with van der Waals surface area (Å²) in [5.74, 6) is 1.54. The van der Waals surface area contributed by atoms with Crippen molar-refractivity contribution >= 4 is 44.1 Å². The minimum absolute atomic E-state index is 0.235. The zero-order valence-electron chi connectivity index (χ0n) is 26.1. The van der Waals surface area contributed by atoms with Crippen LogP contribution in [0.2, 0.25) is 0 Å². The van der Waals surface area contributed by atoms with Crippen molar-refractivity contribution in [1.29, 1.82) is 0 Å². The second-order valence-corrected chi connectivity index (χ2v) is 12.6. The lowest BCUT2D eigenvalue weighted by Gasteiger charge is -2.24. The number of aliphatic imine (C=N–C) groups is 2. The van der Waals surface area contributed by atoms with Crippen molar-refractivity contribution in [2.75, 3.05) is 0 Å². The molecular weight excluding hydrogens is 585 g/mol. The maximum atomic E-state index is 5.05. The summed E-state index contributed by atoms with van der Waals surface area (Å²) in [7, 11) is 0. The fourth-order valence-corrected chi connectivity index (χ4v) is 7.72. The minimum atomic E-state index is -0.235. The monoisotopic (exact) mass is 614 g/mol. The molecule has 0 amide bonds. The molecule has 1 N–H and O–H groups in total. The first kappa shape index (κ1) is 26.9. The zero-order valence-corrected chi connectivity index (χ0v) is 26.1. The highest BCUT2D eigenvalue weighted by atomic mass is 15.2. The van der Waals surface area contributed by atoms with Crippen molar-refractivity contribution in [2.24, 2.45) is 9.98 Å². The lowest BCUT2D eigenvalue weighted by molar-refractivity contribution is 0.674. The lowest BCUT2D eigenvalue weighted by Crippen LogP contribution is -2.33. The van der Waals surface area contributed by atoms with Gasteiger partial charge in [0.1, 0.15) is 12.0 Å². The Kier molecular flexibility index (Phi) is 5.97. The topological polar surface area (TPSA) is 41.7 Å². The molecule has 0 bridgehead atoms. The Bertz CT molecular complexity index is 2590. The summed E-state index contributed by atoms with van der Waals surface area (Å²) in [5, 5.41) is 10.1. The third-order valence-electron chi connectivity index (χ3n) is 9.87. The van der Waals surface area contributed by atoms with E-state index in [1.54, 1.807) is 0 Å². The van der Waals surface area contributed by atoms with Crippen LogP contribution in [0.15, 0.2) is 168 Å². The first-order valence-corrected chi connectivity index (χ1v) is 16.5. The molecule has 1 unspecified atom stereocenters. The van der Waals surface area contributed by atoms with Crippen LogP contribution in [-0.4, -0.2) is 16.2 Å². The molecule has 2 aliphatic rings. The number of rotatable bonds is 4. The van der Waals surface area contributed by atoms with Crippen LogP contribution in [0, 0.1) is 0 Å². The van der Waals surface area contributed by atoms with Gasteiger partial charge in [0.25, 0.3) is 0 Å². The summed E-state index contributed by atoms with van der Waals surface area (Å²) >= 11 is 0. The van der Waals surface area contributed by atoms with E-state index in [0.717, 1.165) is 40.5 Å². The Balaban J connectivity index is 1.17. The van der Waals surface area contributed by atoms with Gasteiger partial charge in [-0.1, -0.05) is 133 Å². The van der Waals surface area contributed by atoms with Gasteiger partial charge in [0.15, 0.2) is 5.84 Å². The first-order chi connectivity index (χ1) is 23.8. The largest absolute Gasteiger partial charge is 0.344 e. The predicted molar refractivity (Wildman–Crippen MR) is 198 cm³/mol. The normalized spacial score (nSPS) is 15.2. The van der Waals surface area contributed by atoms with Gasteiger partial charge < -0.3 is 9.88 Å². The highest BCUT2D eigenvalue weighted by Gasteiger charge is 2.30. The maximum Gasteiger partial charge on any atom is 0.159 e. The molecule has 1 aliphatic heterocycles. The van der Waals surface area contributed by atoms with Crippen molar-refractivity contribution in [3.05, 3.63) is 186 Å². The highest BCUT2D eigenvalue weighted by Crippen LogP contribution is 2.49. The van der Waals surface area contributed by atoms with Crippen LogP contribution in [0.5, 0.6) is 0 Å². The number of benzene rings is 7. The SMILES string of the molecule is c1ccc(C2=NC(c3ccccc3)NC(c3ccc(-n4c5c(c6c7ccccc7c7ccccc7c64)Cc4ccccc4-5)cc3)=N2)cc1. The van der Waals surface area contributed by atoms with Crippen molar-refractivity contribution < 1.29 is 0 Å². The second-order valence-electron chi connectivity index (χ2n) is 12.6. The van der Waals surface area contributed by atoms with Gasteiger partial charge in [-0.15, -0.1) is 0 Å². The van der Waals surface area contributed by atoms with Gasteiger partial charge in [0.05, 0.1) is 11.2 Å². The number of hydrogen-bond donors (Lipinski definition) is 1. The molecule has 7 aromatic carbocycles. The Hall–Kier alpha value is -6.26. The van der Waals surface area contributed by atoms with E-state index in [1.807, 2.05) is 24.3 Å². The lowest BCUT2D eigenvalue weighted by atomic mass is 9.95. The summed E-state index contributed by atoms with van der Waals surface area (Å²) in [6.45, 7) is 0. The van der Waals surface area contributed by atoms with Crippen LogP contribution in [-0.2, 0) is 6.42 Å². The van der Waals surface area contributed by atoms with Gasteiger partial charge in [-0.25, -0.2) is 9.98 Å². The Morgan fingerprint density at radius 2 is 1.19 bits per heavy atom. The van der Waals surface area contributed by atoms with Crippen LogP contribution in [0.4, 0.5) is 0 Å². The highest BCUT2D eigenvalue weighted by molar-refractivity contribution is 6.27. The minimum Gasteiger partial charge on any atom is -0.344 e. The summed E-state index contributed by atoms with van der Waals surface area (Å²) in [6.07, 6.45) is 0.694. The molecule has 1 aromatic heterocycles. The van der Waals surface area contributed by atoms with E-state index < -0.39 is 0 Å². The average Bonchev–Trinajstić information content (AvgIpc) is 3.71. The van der Waals surface area contributed by atoms with Crippen LogP contribution in [0.25, 0.3) is 49.4 Å². The molecule has 8 aromatic rings. The molecule has 0 saturated carbocycles. The van der Waals surface area contributed by atoms with E-state index in [4.69, 9.17) is 9.98 Å². The second kappa shape index (κ2) is 10.6. The van der Waals surface area contributed by atoms with E-state index in [0.29, 0.717) is 0 Å². The smallest absolute Gasteiger partial charge is 0.159 e. The van der Waals surface area contributed by atoms with Gasteiger partial charge in [-0.05, 0) is 57.1 Å². The molecule has 0 saturated heterocycles. The van der Waals surface area contributed by atoms with Gasteiger partial charge in [0.2, 0.25) is 0 Å². The molecule has 2 heterocycles. The van der Waals surface area contributed by atoms with E-state index in [1.165, 1.54) is 54.8 Å². The van der Waals surface area contributed by atoms with Gasteiger partial charge in [0, 0.05) is 39.6 Å². The molecular formula is C44H30N4. The predicted octanol–water partition coefficient (Wildman–Crippen LogP) is 10.0. The zero-order chi connectivity index (χ0) is 31.6. The summed E-state index contributed by atoms with van der Waals surface area (Å²) < 4.78 is 2.51. The third kappa shape index (κ3) is 4.09. The molecule has 0 spiro atoms. The van der Waals surface area contributed by atoms with E-state index in [2.05, 4.69) is 143 Å². The van der Waals surface area contributed by atoms with Gasteiger partial charge >= 0.3 is 0 Å². The summed E-state index contributed by atoms with van der Waals surface area (Å²) in [4.78, 5) is 10.1. The standard InChI is InChI=1S/C44H30N4/c1-3-13-28(14-4-1)42-45-43(29-15-5-2-6-16-29)47-44(46-42)30-23-25-32(26-24-30)48-40-33-18-8-7-17-31(33)27-38(40)39-36-21-11-9-19-34(36)35-20-10-12-22-37(35)41(39)48/h1-26,42H,27H2,(H,45,46,47). The van der Waals surface area contributed by atoms with Crippen LogP contribution in [0.1, 0.15) is 34.0 Å². The van der Waals surface area contributed by atoms with Crippen molar-refractivity contribution in [2.45, 2.75) is 12.6 Å². The molecule has 10 rings (SSSR count). The van der Waals surface area contributed by atoms with Crippen LogP contribution < -0.4 is 5.32 Å². The molecule has 226 valence electrons. The van der Waals surface area contributed by atoms with Crippen LogP contribution >= 0.6 is 0 Å². The summed E-state index contributed by atoms with van der Waals surface area (Å²) in [5.41, 5.74) is 10.9. The number of nitrogens with one attached hydrogen (secondary N) is 1. The van der Waals surface area contributed by atoms with Crippen molar-refractivity contribution in [1.82, 2.24) is 9.88 Å². The molecule has 48 heavy (non-hydrogen) atoms.